The molecule has 0 aliphatic rings. The molecule has 0 radical (unpaired) electrons. The zero-order chi connectivity index (χ0) is 14.0. The van der Waals surface area contributed by atoms with Gasteiger partial charge in [0.1, 0.15) is 0 Å². The number of carbonyl (C=O) groups excluding carboxylic acids is 1. The van der Waals surface area contributed by atoms with Crippen LogP contribution in [0.3, 0.4) is 0 Å². The van der Waals surface area contributed by atoms with Crippen molar-refractivity contribution in [2.45, 2.75) is 20.3 Å². The van der Waals surface area contributed by atoms with Crippen LogP contribution >= 0.6 is 0 Å². The highest BCUT2D eigenvalue weighted by atomic mass is 16.5. The Bertz CT molecular complexity index is 599. The van der Waals surface area contributed by atoms with Crippen molar-refractivity contribution in [3.05, 3.63) is 17.7 Å². The Morgan fingerprint density at radius 1 is 1.32 bits per heavy atom. The topological polar surface area (TPSA) is 74.8 Å². The van der Waals surface area contributed by atoms with Gasteiger partial charge in [-0.3, -0.25) is 4.68 Å². The van der Waals surface area contributed by atoms with E-state index in [1.807, 2.05) is 20.2 Å². The Balaban J connectivity index is 2.42. The summed E-state index contributed by atoms with van der Waals surface area (Å²) in [4.78, 5) is 15.9. The van der Waals surface area contributed by atoms with Crippen LogP contribution in [0.25, 0.3) is 11.4 Å². The second-order valence-electron chi connectivity index (χ2n) is 4.12. The molecule has 0 fully saturated rings. The molecule has 7 heteroatoms. The van der Waals surface area contributed by atoms with Gasteiger partial charge < -0.3 is 4.74 Å². The molecular weight excluding hydrogens is 246 g/mol. The van der Waals surface area contributed by atoms with Crippen LogP contribution in [0.1, 0.15) is 30.2 Å². The average molecular weight is 263 g/mol. The summed E-state index contributed by atoms with van der Waals surface area (Å²) in [6.45, 7) is 4.08. The SMILES string of the molecule is CCOC(=O)c1nc(-c2cn(C)nc2CC)n(C)n1. The molecule has 0 atom stereocenters. The Morgan fingerprint density at radius 2 is 2.05 bits per heavy atom. The number of aryl methyl sites for hydroxylation is 3. The fourth-order valence-corrected chi connectivity index (χ4v) is 1.88. The lowest BCUT2D eigenvalue weighted by atomic mass is 10.2. The van der Waals surface area contributed by atoms with E-state index >= 15 is 0 Å². The van der Waals surface area contributed by atoms with Gasteiger partial charge in [0, 0.05) is 20.3 Å². The molecule has 19 heavy (non-hydrogen) atoms. The molecule has 2 rings (SSSR count). The Hall–Kier alpha value is -2.18. The predicted molar refractivity (Wildman–Crippen MR) is 68.5 cm³/mol. The van der Waals surface area contributed by atoms with Crippen LogP contribution in [-0.4, -0.2) is 37.1 Å². The summed E-state index contributed by atoms with van der Waals surface area (Å²) in [6, 6.07) is 0. The van der Waals surface area contributed by atoms with E-state index in [1.54, 1.807) is 23.3 Å². The highest BCUT2D eigenvalue weighted by Gasteiger charge is 2.19. The van der Waals surface area contributed by atoms with Gasteiger partial charge in [0.05, 0.1) is 17.9 Å². The van der Waals surface area contributed by atoms with E-state index in [4.69, 9.17) is 4.74 Å². The zero-order valence-electron chi connectivity index (χ0n) is 11.5. The molecule has 2 aromatic rings. The quantitative estimate of drug-likeness (QED) is 0.768. The van der Waals surface area contributed by atoms with Crippen LogP contribution in [0, 0.1) is 0 Å². The van der Waals surface area contributed by atoms with Gasteiger partial charge in [-0.1, -0.05) is 6.92 Å². The predicted octanol–water partition coefficient (Wildman–Crippen LogP) is 0.955. The summed E-state index contributed by atoms with van der Waals surface area (Å²) in [5.74, 6) is 0.185. The standard InChI is InChI=1S/C12H17N5O2/c1-5-9-8(7-16(3)14-9)11-13-10(15-17(11)4)12(18)19-6-2/h7H,5-6H2,1-4H3. The molecule has 0 bridgehead atoms. The number of carbonyl (C=O) groups is 1. The van der Waals surface area contributed by atoms with Crippen LogP contribution < -0.4 is 0 Å². The molecule has 7 nitrogen and oxygen atoms in total. The van der Waals surface area contributed by atoms with Gasteiger partial charge in [-0.25, -0.2) is 14.5 Å². The van der Waals surface area contributed by atoms with E-state index < -0.39 is 5.97 Å². The Labute approximate surface area is 111 Å². The minimum atomic E-state index is -0.508. The minimum Gasteiger partial charge on any atom is -0.460 e. The highest BCUT2D eigenvalue weighted by molar-refractivity contribution is 5.85. The van der Waals surface area contributed by atoms with Gasteiger partial charge in [0.25, 0.3) is 5.82 Å². The van der Waals surface area contributed by atoms with Crippen LogP contribution in [-0.2, 0) is 25.3 Å². The third-order valence-corrected chi connectivity index (χ3v) is 2.70. The van der Waals surface area contributed by atoms with Crippen molar-refractivity contribution >= 4 is 5.97 Å². The number of nitrogens with zero attached hydrogens (tertiary/aromatic N) is 5. The summed E-state index contributed by atoms with van der Waals surface area (Å²) < 4.78 is 8.20. The molecule has 0 saturated carbocycles. The second-order valence-corrected chi connectivity index (χ2v) is 4.12. The van der Waals surface area contributed by atoms with Crippen molar-refractivity contribution < 1.29 is 9.53 Å². The molecule has 0 N–H and O–H groups in total. The maximum Gasteiger partial charge on any atom is 0.378 e. The maximum absolute atomic E-state index is 11.6. The normalized spacial score (nSPS) is 10.7. The first-order valence-corrected chi connectivity index (χ1v) is 6.17. The third kappa shape index (κ3) is 2.49. The van der Waals surface area contributed by atoms with Crippen molar-refractivity contribution in [1.82, 2.24) is 24.5 Å². The number of rotatable bonds is 4. The Morgan fingerprint density at radius 3 is 2.68 bits per heavy atom. The lowest BCUT2D eigenvalue weighted by molar-refractivity contribution is 0.0512. The summed E-state index contributed by atoms with van der Waals surface area (Å²) in [6.07, 6.45) is 2.66. The molecule has 0 unspecified atom stereocenters. The van der Waals surface area contributed by atoms with Gasteiger partial charge in [-0.05, 0) is 13.3 Å². The maximum atomic E-state index is 11.6. The van der Waals surface area contributed by atoms with Crippen LogP contribution in [0.4, 0.5) is 0 Å². The van der Waals surface area contributed by atoms with Gasteiger partial charge in [0.15, 0.2) is 5.82 Å². The van der Waals surface area contributed by atoms with Crippen LogP contribution in [0.5, 0.6) is 0 Å². The van der Waals surface area contributed by atoms with Crippen molar-refractivity contribution in [3.63, 3.8) is 0 Å². The summed E-state index contributed by atoms with van der Waals surface area (Å²) in [5.41, 5.74) is 1.81. The van der Waals surface area contributed by atoms with Gasteiger partial charge in [-0.2, -0.15) is 5.10 Å². The molecule has 0 amide bonds. The number of esters is 1. The largest absolute Gasteiger partial charge is 0.460 e. The van der Waals surface area contributed by atoms with E-state index in [2.05, 4.69) is 15.2 Å². The summed E-state index contributed by atoms with van der Waals surface area (Å²) >= 11 is 0. The number of hydrogen-bond donors (Lipinski definition) is 0. The van der Waals surface area contributed by atoms with E-state index in [9.17, 15) is 4.79 Å². The van der Waals surface area contributed by atoms with Crippen molar-refractivity contribution in [2.75, 3.05) is 6.61 Å². The van der Waals surface area contributed by atoms with Crippen LogP contribution in [0.15, 0.2) is 6.20 Å². The first kappa shape index (κ1) is 13.3. The molecule has 0 aliphatic carbocycles. The lowest BCUT2D eigenvalue weighted by Gasteiger charge is -1.97. The Kier molecular flexibility index (Phi) is 3.64. The molecule has 0 aliphatic heterocycles. The van der Waals surface area contributed by atoms with E-state index in [0.29, 0.717) is 12.4 Å². The van der Waals surface area contributed by atoms with E-state index in [-0.39, 0.29) is 5.82 Å². The smallest absolute Gasteiger partial charge is 0.378 e. The fourth-order valence-electron chi connectivity index (χ4n) is 1.88. The number of ether oxygens (including phenoxy) is 1. The second kappa shape index (κ2) is 5.21. The van der Waals surface area contributed by atoms with E-state index in [0.717, 1.165) is 17.7 Å². The number of hydrogen-bond acceptors (Lipinski definition) is 5. The number of aromatic nitrogens is 5. The first-order chi connectivity index (χ1) is 9.06. The van der Waals surface area contributed by atoms with Gasteiger partial charge in [0.2, 0.25) is 0 Å². The molecule has 2 aromatic heterocycles. The molecule has 2 heterocycles. The molecule has 102 valence electrons. The third-order valence-electron chi connectivity index (χ3n) is 2.70. The lowest BCUT2D eigenvalue weighted by Crippen LogP contribution is -2.07. The van der Waals surface area contributed by atoms with Crippen molar-refractivity contribution in [2.24, 2.45) is 14.1 Å². The molecule has 0 spiro atoms. The zero-order valence-corrected chi connectivity index (χ0v) is 11.5. The van der Waals surface area contributed by atoms with E-state index in [1.165, 1.54) is 0 Å². The first-order valence-electron chi connectivity index (χ1n) is 6.17. The molecule has 0 saturated heterocycles. The monoisotopic (exact) mass is 263 g/mol. The minimum absolute atomic E-state index is 0.0743. The molecule has 0 aromatic carbocycles. The van der Waals surface area contributed by atoms with Gasteiger partial charge >= 0.3 is 5.97 Å². The highest BCUT2D eigenvalue weighted by Crippen LogP contribution is 2.21. The van der Waals surface area contributed by atoms with Crippen LogP contribution in [0.2, 0.25) is 0 Å². The van der Waals surface area contributed by atoms with Crippen molar-refractivity contribution in [1.29, 1.82) is 0 Å². The van der Waals surface area contributed by atoms with Crippen molar-refractivity contribution in [3.8, 4) is 11.4 Å². The fraction of sp³-hybridized carbons (Fsp3) is 0.500. The molecular formula is C12H17N5O2. The summed E-state index contributed by atoms with van der Waals surface area (Å²) in [7, 11) is 3.60. The summed E-state index contributed by atoms with van der Waals surface area (Å²) in [5, 5.41) is 8.44. The average Bonchev–Trinajstić information content (AvgIpc) is 2.92. The van der Waals surface area contributed by atoms with Gasteiger partial charge in [-0.15, -0.1) is 5.10 Å².